The molecule has 0 aromatic rings. The Balaban J connectivity index is 4.10. The van der Waals surface area contributed by atoms with Crippen molar-refractivity contribution in [2.75, 3.05) is 0 Å². The number of carboxylic acids is 1. The molecule has 0 radical (unpaired) electrons. The first-order valence-electron chi connectivity index (χ1n) is 10.7. The molecule has 4 nitrogen and oxygen atoms in total. The van der Waals surface area contributed by atoms with Crippen LogP contribution in [0.15, 0.2) is 12.2 Å². The molecule has 0 rings (SSSR count). The fourth-order valence-corrected chi connectivity index (χ4v) is 3.09. The first-order valence-corrected chi connectivity index (χ1v) is 10.7. The van der Waals surface area contributed by atoms with Crippen molar-refractivity contribution >= 4 is 11.9 Å². The number of carbonyl (C=O) groups excluding carboxylic acids is 1. The van der Waals surface area contributed by atoms with Gasteiger partial charge < -0.3 is 9.84 Å². The highest BCUT2D eigenvalue weighted by Gasteiger charge is 2.13. The molecule has 0 saturated heterocycles. The van der Waals surface area contributed by atoms with Crippen LogP contribution < -0.4 is 0 Å². The van der Waals surface area contributed by atoms with Crippen molar-refractivity contribution in [1.82, 2.24) is 0 Å². The Morgan fingerprint density at radius 3 is 1.58 bits per heavy atom. The van der Waals surface area contributed by atoms with Crippen molar-refractivity contribution in [3.8, 4) is 0 Å². The molecule has 0 aliphatic carbocycles. The number of unbranched alkanes of at least 4 members (excludes halogenated alkanes) is 11. The molecule has 1 unspecified atom stereocenters. The number of hydrogen-bond acceptors (Lipinski definition) is 3. The van der Waals surface area contributed by atoms with Gasteiger partial charge in [0.05, 0.1) is 0 Å². The topological polar surface area (TPSA) is 63.6 Å². The molecular formula is C22H40O4. The lowest BCUT2D eigenvalue weighted by Gasteiger charge is -2.17. The minimum atomic E-state index is -1.12. The second kappa shape index (κ2) is 18.5. The standard InChI is InChI=1S/C22H40O4/c1-3-5-7-9-11-13-15-17-20(16-14-12-10-8-6-4-2)26-22(25)19-18-21(23)24/h18-20H,3-17H2,1-2H3,(H,23,24). The number of esters is 1. The van der Waals surface area contributed by atoms with E-state index >= 15 is 0 Å². The monoisotopic (exact) mass is 368 g/mol. The molecule has 0 bridgehead atoms. The fraction of sp³-hybridized carbons (Fsp3) is 0.818. The second-order valence-corrected chi connectivity index (χ2v) is 7.20. The maximum atomic E-state index is 11.8. The fourth-order valence-electron chi connectivity index (χ4n) is 3.09. The van der Waals surface area contributed by atoms with Crippen molar-refractivity contribution in [3.05, 3.63) is 12.2 Å². The Kier molecular flexibility index (Phi) is 17.5. The van der Waals surface area contributed by atoms with E-state index < -0.39 is 11.9 Å². The van der Waals surface area contributed by atoms with Gasteiger partial charge in [-0.05, 0) is 25.7 Å². The van der Waals surface area contributed by atoms with E-state index in [1.54, 1.807) is 0 Å². The van der Waals surface area contributed by atoms with E-state index in [0.29, 0.717) is 0 Å². The molecule has 0 spiro atoms. The van der Waals surface area contributed by atoms with Crippen LogP contribution in [0.25, 0.3) is 0 Å². The highest BCUT2D eigenvalue weighted by atomic mass is 16.5. The molecule has 0 fully saturated rings. The van der Waals surface area contributed by atoms with Gasteiger partial charge in [0.1, 0.15) is 6.10 Å². The summed E-state index contributed by atoms with van der Waals surface area (Å²) in [7, 11) is 0. The van der Waals surface area contributed by atoms with Crippen LogP contribution in [0, 0.1) is 0 Å². The maximum absolute atomic E-state index is 11.8. The van der Waals surface area contributed by atoms with Crippen LogP contribution in [0.4, 0.5) is 0 Å². The molecular weight excluding hydrogens is 328 g/mol. The largest absolute Gasteiger partial charge is 0.478 e. The summed E-state index contributed by atoms with van der Waals surface area (Å²) in [5.74, 6) is -1.66. The zero-order valence-electron chi connectivity index (χ0n) is 17.0. The van der Waals surface area contributed by atoms with Crippen molar-refractivity contribution in [1.29, 1.82) is 0 Å². The first kappa shape index (κ1) is 24.7. The van der Waals surface area contributed by atoms with Crippen molar-refractivity contribution < 1.29 is 19.4 Å². The molecule has 0 aromatic carbocycles. The Morgan fingerprint density at radius 2 is 1.15 bits per heavy atom. The number of hydrogen-bond donors (Lipinski definition) is 1. The minimum absolute atomic E-state index is 0.0808. The Labute approximate surface area is 160 Å². The third-order valence-corrected chi connectivity index (χ3v) is 4.65. The number of aliphatic carboxylic acids is 1. The summed E-state index contributed by atoms with van der Waals surface area (Å²) in [6.45, 7) is 4.43. The molecule has 1 N–H and O–H groups in total. The third-order valence-electron chi connectivity index (χ3n) is 4.65. The van der Waals surface area contributed by atoms with Crippen LogP contribution in [-0.2, 0) is 14.3 Å². The van der Waals surface area contributed by atoms with Gasteiger partial charge in [-0.2, -0.15) is 0 Å². The molecule has 26 heavy (non-hydrogen) atoms. The third kappa shape index (κ3) is 17.5. The maximum Gasteiger partial charge on any atom is 0.331 e. The highest BCUT2D eigenvalue weighted by molar-refractivity contribution is 5.90. The van der Waals surface area contributed by atoms with Crippen molar-refractivity contribution in [2.24, 2.45) is 0 Å². The molecule has 1 atom stereocenters. The molecule has 0 saturated carbocycles. The lowest BCUT2D eigenvalue weighted by Crippen LogP contribution is -2.17. The Hall–Kier alpha value is -1.32. The van der Waals surface area contributed by atoms with Gasteiger partial charge in [0, 0.05) is 12.2 Å². The summed E-state index contributed by atoms with van der Waals surface area (Å²) in [5.41, 5.74) is 0. The van der Waals surface area contributed by atoms with E-state index in [1.165, 1.54) is 70.6 Å². The van der Waals surface area contributed by atoms with Gasteiger partial charge in [-0.3, -0.25) is 0 Å². The van der Waals surface area contributed by atoms with E-state index in [4.69, 9.17) is 9.84 Å². The van der Waals surface area contributed by atoms with Crippen LogP contribution in [0.3, 0.4) is 0 Å². The quantitative estimate of drug-likeness (QED) is 0.172. The first-order chi connectivity index (χ1) is 12.6. The number of ether oxygens (including phenoxy) is 1. The SMILES string of the molecule is CCCCCCCCCC(CCCCCCCC)OC(=O)C=CC(=O)O. The van der Waals surface area contributed by atoms with Gasteiger partial charge >= 0.3 is 11.9 Å². The highest BCUT2D eigenvalue weighted by Crippen LogP contribution is 2.17. The second-order valence-electron chi connectivity index (χ2n) is 7.20. The normalized spacial score (nSPS) is 12.4. The smallest absolute Gasteiger partial charge is 0.331 e. The lowest BCUT2D eigenvalue weighted by molar-refractivity contribution is -0.144. The zero-order chi connectivity index (χ0) is 19.5. The van der Waals surface area contributed by atoms with Gasteiger partial charge in [0.15, 0.2) is 0 Å². The Morgan fingerprint density at radius 1 is 0.731 bits per heavy atom. The average molecular weight is 369 g/mol. The van der Waals surface area contributed by atoms with E-state index in [1.807, 2.05) is 0 Å². The van der Waals surface area contributed by atoms with E-state index in [0.717, 1.165) is 37.8 Å². The summed E-state index contributed by atoms with van der Waals surface area (Å²) in [6, 6.07) is 0. The van der Waals surface area contributed by atoms with Gasteiger partial charge in [0.25, 0.3) is 0 Å². The summed E-state index contributed by atoms with van der Waals surface area (Å²) in [6.07, 6.45) is 19.5. The van der Waals surface area contributed by atoms with Crippen molar-refractivity contribution in [2.45, 2.75) is 116 Å². The lowest BCUT2D eigenvalue weighted by atomic mass is 10.0. The van der Waals surface area contributed by atoms with Crippen LogP contribution >= 0.6 is 0 Å². The van der Waals surface area contributed by atoms with Crippen molar-refractivity contribution in [3.63, 3.8) is 0 Å². The molecule has 0 heterocycles. The predicted molar refractivity (Wildman–Crippen MR) is 107 cm³/mol. The summed E-state index contributed by atoms with van der Waals surface area (Å²) < 4.78 is 5.48. The molecule has 0 aliphatic rings. The van der Waals surface area contributed by atoms with Crippen LogP contribution in [-0.4, -0.2) is 23.1 Å². The summed E-state index contributed by atoms with van der Waals surface area (Å²) in [5, 5.41) is 8.61. The number of carboxylic acid groups (broad SMARTS) is 1. The molecule has 0 aromatic heterocycles. The van der Waals surface area contributed by atoms with Gasteiger partial charge in [-0.25, -0.2) is 9.59 Å². The van der Waals surface area contributed by atoms with Gasteiger partial charge in [0.2, 0.25) is 0 Å². The molecule has 0 aliphatic heterocycles. The predicted octanol–water partition coefficient (Wildman–Crippen LogP) is 6.43. The van der Waals surface area contributed by atoms with Crippen LogP contribution in [0.1, 0.15) is 110 Å². The minimum Gasteiger partial charge on any atom is -0.478 e. The van der Waals surface area contributed by atoms with Gasteiger partial charge in [-0.15, -0.1) is 0 Å². The zero-order valence-corrected chi connectivity index (χ0v) is 17.0. The Bertz CT molecular complexity index is 376. The molecule has 0 amide bonds. The molecule has 4 heteroatoms. The number of carbonyl (C=O) groups is 2. The van der Waals surface area contributed by atoms with E-state index in [9.17, 15) is 9.59 Å². The van der Waals surface area contributed by atoms with E-state index in [2.05, 4.69) is 13.8 Å². The van der Waals surface area contributed by atoms with Crippen LogP contribution in [0.5, 0.6) is 0 Å². The van der Waals surface area contributed by atoms with Crippen LogP contribution in [0.2, 0.25) is 0 Å². The van der Waals surface area contributed by atoms with E-state index in [-0.39, 0.29) is 6.10 Å². The number of rotatable bonds is 18. The summed E-state index contributed by atoms with van der Waals surface area (Å²) in [4.78, 5) is 22.3. The molecule has 152 valence electrons. The average Bonchev–Trinajstić information content (AvgIpc) is 2.61. The van der Waals surface area contributed by atoms with Gasteiger partial charge in [-0.1, -0.05) is 84.5 Å². The summed E-state index contributed by atoms with van der Waals surface area (Å²) >= 11 is 0.